The second-order valence-corrected chi connectivity index (χ2v) is 3.92. The summed E-state index contributed by atoms with van der Waals surface area (Å²) in [5.41, 5.74) is 1.41. The Balaban J connectivity index is 2.06. The Morgan fingerprint density at radius 1 is 1.28 bits per heavy atom. The molecule has 5 nitrogen and oxygen atoms in total. The van der Waals surface area contributed by atoms with Crippen LogP contribution in [0, 0.1) is 12.7 Å². The maximum Gasteiger partial charge on any atom is 0.320 e. The summed E-state index contributed by atoms with van der Waals surface area (Å²) >= 11 is 0. The van der Waals surface area contributed by atoms with Crippen molar-refractivity contribution < 1.29 is 8.81 Å². The Labute approximate surface area is 104 Å². The topological polar surface area (TPSA) is 63.0 Å². The summed E-state index contributed by atoms with van der Waals surface area (Å²) < 4.78 is 18.5. The van der Waals surface area contributed by atoms with Gasteiger partial charge in [0.2, 0.25) is 5.89 Å². The second kappa shape index (κ2) is 5.59. The normalized spacial score (nSPS) is 10.6. The fourth-order valence-corrected chi connectivity index (χ4v) is 1.54. The molecule has 0 atom stereocenters. The molecule has 0 fully saturated rings. The van der Waals surface area contributed by atoms with Crippen LogP contribution in [0.1, 0.15) is 18.4 Å². The first-order valence-electron chi connectivity index (χ1n) is 5.74. The minimum absolute atomic E-state index is 0.257. The van der Waals surface area contributed by atoms with Crippen molar-refractivity contribution in [3.05, 3.63) is 35.5 Å². The summed E-state index contributed by atoms with van der Waals surface area (Å²) in [5.74, 6) is 0.192. The third-order valence-electron chi connectivity index (χ3n) is 2.29. The minimum Gasteiger partial charge on any atom is -0.406 e. The molecule has 2 aromatic rings. The minimum atomic E-state index is -0.301. The number of aromatic nitrogens is 2. The predicted octanol–water partition coefficient (Wildman–Crippen LogP) is 2.37. The molecular weight excluding hydrogens is 235 g/mol. The third kappa shape index (κ3) is 3.27. The number of hydrogen-bond acceptors (Lipinski definition) is 5. The Kier molecular flexibility index (Phi) is 3.88. The number of rotatable bonds is 5. The van der Waals surface area contributed by atoms with Gasteiger partial charge in [0.1, 0.15) is 5.82 Å². The van der Waals surface area contributed by atoms with Gasteiger partial charge < -0.3 is 15.1 Å². The largest absolute Gasteiger partial charge is 0.406 e. The van der Waals surface area contributed by atoms with Crippen molar-refractivity contribution in [2.75, 3.05) is 11.9 Å². The van der Waals surface area contributed by atoms with Gasteiger partial charge >= 0.3 is 6.01 Å². The molecule has 96 valence electrons. The van der Waals surface area contributed by atoms with Crippen LogP contribution in [0.4, 0.5) is 16.1 Å². The number of halogens is 1. The number of benzene rings is 1. The fourth-order valence-electron chi connectivity index (χ4n) is 1.54. The Bertz CT molecular complexity index is 506. The molecule has 0 unspecified atom stereocenters. The highest BCUT2D eigenvalue weighted by atomic mass is 19.1. The van der Waals surface area contributed by atoms with E-state index in [-0.39, 0.29) is 11.8 Å². The first-order valence-corrected chi connectivity index (χ1v) is 5.74. The number of nitrogens with zero attached hydrogens (tertiary/aromatic N) is 2. The average Bonchev–Trinajstić information content (AvgIpc) is 2.72. The molecule has 0 aliphatic heterocycles. The molecular formula is C12H15FN4O. The molecule has 0 radical (unpaired) electrons. The van der Waals surface area contributed by atoms with Gasteiger partial charge in [-0.2, -0.15) is 0 Å². The lowest BCUT2D eigenvalue weighted by molar-refractivity contribution is 0.484. The molecule has 0 spiro atoms. The molecule has 0 saturated heterocycles. The van der Waals surface area contributed by atoms with Crippen molar-refractivity contribution in [3.8, 4) is 0 Å². The highest BCUT2D eigenvalue weighted by molar-refractivity contribution is 5.53. The molecule has 6 heteroatoms. The lowest BCUT2D eigenvalue weighted by atomic mass is 10.2. The zero-order valence-corrected chi connectivity index (χ0v) is 10.3. The average molecular weight is 250 g/mol. The van der Waals surface area contributed by atoms with Gasteiger partial charge in [0, 0.05) is 5.69 Å². The van der Waals surface area contributed by atoms with Crippen LogP contribution >= 0.6 is 0 Å². The highest BCUT2D eigenvalue weighted by Crippen LogP contribution is 2.18. The van der Waals surface area contributed by atoms with Gasteiger partial charge in [0.15, 0.2) is 0 Å². The molecule has 18 heavy (non-hydrogen) atoms. The summed E-state index contributed by atoms with van der Waals surface area (Å²) in [6.45, 7) is 5.16. The maximum absolute atomic E-state index is 13.2. The van der Waals surface area contributed by atoms with Gasteiger partial charge in [0.05, 0.1) is 6.54 Å². The van der Waals surface area contributed by atoms with Gasteiger partial charge in [0.25, 0.3) is 0 Å². The molecule has 1 heterocycles. The van der Waals surface area contributed by atoms with Crippen molar-refractivity contribution in [1.82, 2.24) is 15.5 Å². The first kappa shape index (κ1) is 12.5. The predicted molar refractivity (Wildman–Crippen MR) is 66.1 cm³/mol. The van der Waals surface area contributed by atoms with E-state index < -0.39 is 0 Å². The lowest BCUT2D eigenvalue weighted by Gasteiger charge is -2.02. The summed E-state index contributed by atoms with van der Waals surface area (Å²) in [5, 5.41) is 13.6. The van der Waals surface area contributed by atoms with E-state index in [1.807, 2.05) is 13.8 Å². The monoisotopic (exact) mass is 250 g/mol. The van der Waals surface area contributed by atoms with E-state index in [2.05, 4.69) is 20.8 Å². The van der Waals surface area contributed by atoms with Gasteiger partial charge in [-0.1, -0.05) is 12.0 Å². The lowest BCUT2D eigenvalue weighted by Crippen LogP contribution is -2.11. The van der Waals surface area contributed by atoms with E-state index in [0.29, 0.717) is 18.1 Å². The van der Waals surface area contributed by atoms with E-state index in [0.717, 1.165) is 12.1 Å². The van der Waals surface area contributed by atoms with Crippen LogP contribution in [0.25, 0.3) is 0 Å². The quantitative estimate of drug-likeness (QED) is 0.853. The van der Waals surface area contributed by atoms with E-state index >= 15 is 0 Å². The van der Waals surface area contributed by atoms with Crippen LogP contribution in [0.2, 0.25) is 0 Å². The van der Waals surface area contributed by atoms with E-state index in [9.17, 15) is 4.39 Å². The van der Waals surface area contributed by atoms with Crippen LogP contribution < -0.4 is 10.6 Å². The Morgan fingerprint density at radius 3 is 2.83 bits per heavy atom. The van der Waals surface area contributed by atoms with E-state index in [1.165, 1.54) is 12.1 Å². The number of hydrogen-bond donors (Lipinski definition) is 2. The van der Waals surface area contributed by atoms with Crippen molar-refractivity contribution >= 4 is 11.7 Å². The first-order chi connectivity index (χ1) is 8.67. The van der Waals surface area contributed by atoms with Gasteiger partial charge in [-0.05, 0) is 37.2 Å². The summed E-state index contributed by atoms with van der Waals surface area (Å²) in [6, 6.07) is 4.89. The molecule has 1 aromatic heterocycles. The number of nitrogens with one attached hydrogen (secondary N) is 2. The van der Waals surface area contributed by atoms with Crippen LogP contribution in [0.5, 0.6) is 0 Å². The Hall–Kier alpha value is -1.95. The summed E-state index contributed by atoms with van der Waals surface area (Å²) in [6.07, 6.45) is 0. The zero-order chi connectivity index (χ0) is 13.0. The fraction of sp³-hybridized carbons (Fsp3) is 0.333. The molecule has 0 saturated carbocycles. The highest BCUT2D eigenvalue weighted by Gasteiger charge is 2.06. The smallest absolute Gasteiger partial charge is 0.320 e. The molecule has 0 amide bonds. The van der Waals surface area contributed by atoms with Crippen LogP contribution in [0.15, 0.2) is 22.6 Å². The SMILES string of the molecule is CCNCc1nnc(Nc2cc(C)cc(F)c2)o1. The number of anilines is 2. The van der Waals surface area contributed by atoms with Crippen LogP contribution in [-0.4, -0.2) is 16.7 Å². The molecule has 0 aliphatic rings. The van der Waals surface area contributed by atoms with Crippen molar-refractivity contribution in [2.45, 2.75) is 20.4 Å². The molecule has 0 bridgehead atoms. The van der Waals surface area contributed by atoms with Crippen molar-refractivity contribution in [2.24, 2.45) is 0 Å². The zero-order valence-electron chi connectivity index (χ0n) is 10.3. The summed E-state index contributed by atoms with van der Waals surface area (Å²) in [7, 11) is 0. The van der Waals surface area contributed by atoms with Gasteiger partial charge in [-0.15, -0.1) is 5.10 Å². The number of aryl methyl sites for hydroxylation is 1. The second-order valence-electron chi connectivity index (χ2n) is 3.92. The van der Waals surface area contributed by atoms with Crippen molar-refractivity contribution in [1.29, 1.82) is 0 Å². The van der Waals surface area contributed by atoms with Crippen LogP contribution in [-0.2, 0) is 6.54 Å². The maximum atomic E-state index is 13.2. The van der Waals surface area contributed by atoms with Gasteiger partial charge in [-0.3, -0.25) is 0 Å². The molecule has 1 aromatic carbocycles. The van der Waals surface area contributed by atoms with Crippen LogP contribution in [0.3, 0.4) is 0 Å². The molecule has 0 aliphatic carbocycles. The van der Waals surface area contributed by atoms with E-state index in [4.69, 9.17) is 4.42 Å². The molecule has 2 N–H and O–H groups in total. The Morgan fingerprint density at radius 2 is 2.11 bits per heavy atom. The van der Waals surface area contributed by atoms with E-state index in [1.54, 1.807) is 6.07 Å². The standard InChI is InChI=1S/C12H15FN4O/c1-3-14-7-11-16-17-12(18-11)15-10-5-8(2)4-9(13)6-10/h4-6,14H,3,7H2,1-2H3,(H,15,17). The third-order valence-corrected chi connectivity index (χ3v) is 2.29. The van der Waals surface area contributed by atoms with Gasteiger partial charge in [-0.25, -0.2) is 4.39 Å². The summed E-state index contributed by atoms with van der Waals surface area (Å²) in [4.78, 5) is 0. The molecule has 2 rings (SSSR count). The van der Waals surface area contributed by atoms with Crippen molar-refractivity contribution in [3.63, 3.8) is 0 Å².